The van der Waals surface area contributed by atoms with Crippen LogP contribution in [0, 0.1) is 17.8 Å². The predicted octanol–water partition coefficient (Wildman–Crippen LogP) is 4.77. The van der Waals surface area contributed by atoms with Crippen LogP contribution < -0.4 is 29.6 Å². The second-order valence-corrected chi connectivity index (χ2v) is 19.5. The van der Waals surface area contributed by atoms with E-state index in [2.05, 4.69) is 27.3 Å². The van der Waals surface area contributed by atoms with Gasteiger partial charge in [0.15, 0.2) is 5.75 Å². The standard InChI is InChI=1S/C41H57N5O10S/c1-9-25-18-24(2)12-10-11-13-27-22-41(27,37(49)45-57(51,52)40(6)16-17-40)44-34(47)31-21-29(23-46(31)36(48)33(25)43-38(50)56-39(3,4)5)55-32-20-26-19-28(53-7)14-15-30(26)42-35(32)54-8/h11,13-15,19-20,24-25,27,29,31,33H,9-10,12,16-18,21-23H2,1-8H3,(H,43,50)(H,44,47)(H,45,49)/b13-11-/t24-,25-,27-,29-,31+,33+,41-/m1/s1. The van der Waals surface area contributed by atoms with Crippen molar-refractivity contribution in [3.05, 3.63) is 36.4 Å². The monoisotopic (exact) mass is 811 g/mol. The van der Waals surface area contributed by atoms with E-state index in [0.717, 1.165) is 6.42 Å². The minimum Gasteiger partial charge on any atom is -0.497 e. The van der Waals surface area contributed by atoms with Gasteiger partial charge in [0.25, 0.3) is 11.8 Å². The van der Waals surface area contributed by atoms with E-state index in [0.29, 0.717) is 48.8 Å². The van der Waals surface area contributed by atoms with Crippen LogP contribution in [0.15, 0.2) is 36.4 Å². The van der Waals surface area contributed by atoms with E-state index in [1.165, 1.54) is 12.0 Å². The van der Waals surface area contributed by atoms with Crippen LogP contribution in [-0.4, -0.2) is 97.0 Å². The molecule has 1 saturated heterocycles. The molecule has 3 heterocycles. The van der Waals surface area contributed by atoms with Gasteiger partial charge >= 0.3 is 6.09 Å². The van der Waals surface area contributed by atoms with Crippen molar-refractivity contribution in [1.82, 2.24) is 25.2 Å². The molecule has 4 amide bonds. The Balaban J connectivity index is 1.37. The number of hydrogen-bond acceptors (Lipinski definition) is 11. The molecule has 4 aliphatic rings. The number of rotatable bonds is 9. The zero-order valence-corrected chi connectivity index (χ0v) is 35.0. The lowest BCUT2D eigenvalue weighted by Gasteiger charge is -2.34. The summed E-state index contributed by atoms with van der Waals surface area (Å²) < 4.78 is 50.8. The number of pyridine rings is 1. The number of benzene rings is 1. The lowest BCUT2D eigenvalue weighted by atomic mass is 9.85. The maximum Gasteiger partial charge on any atom is 0.408 e. The minimum absolute atomic E-state index is 0.0117. The smallest absolute Gasteiger partial charge is 0.408 e. The average Bonchev–Trinajstić information content (AvgIpc) is 4.03. The molecule has 3 N–H and O–H groups in total. The Labute approximate surface area is 335 Å². The van der Waals surface area contributed by atoms with Gasteiger partial charge in [-0.2, -0.15) is 0 Å². The number of carbonyl (C=O) groups is 4. The molecule has 7 atom stereocenters. The van der Waals surface area contributed by atoms with E-state index < -0.39 is 73.8 Å². The number of sulfonamides is 1. The molecular weight excluding hydrogens is 755 g/mol. The Hall–Kier alpha value is -4.60. The van der Waals surface area contributed by atoms with E-state index in [9.17, 15) is 27.6 Å². The highest BCUT2D eigenvalue weighted by atomic mass is 32.2. The van der Waals surface area contributed by atoms with E-state index in [4.69, 9.17) is 18.9 Å². The van der Waals surface area contributed by atoms with E-state index >= 15 is 0 Å². The topological polar surface area (TPSA) is 192 Å². The number of alkyl carbamates (subject to hydrolysis) is 1. The summed E-state index contributed by atoms with van der Waals surface area (Å²) in [4.78, 5) is 62.9. The van der Waals surface area contributed by atoms with E-state index in [1.54, 1.807) is 59.1 Å². The van der Waals surface area contributed by atoms with Gasteiger partial charge in [0.2, 0.25) is 21.8 Å². The SMILES string of the molecule is CC[C@@H]1C[C@H](C)CC/C=C\[C@@H]2C[C@@]2(C(=O)NS(=O)(=O)C2(C)CC2)NC(=O)[C@@H]2C[C@@H](Oc3cc4cc(OC)ccc4nc3OC)CN2C(=O)[C@H]1NC(=O)OC(C)(C)C. The van der Waals surface area contributed by atoms with Crippen molar-refractivity contribution in [1.29, 1.82) is 0 Å². The molecule has 15 nitrogen and oxygen atoms in total. The number of fused-ring (bicyclic) bond motifs is 3. The second-order valence-electron chi connectivity index (χ2n) is 17.3. The Kier molecular flexibility index (Phi) is 11.8. The van der Waals surface area contributed by atoms with E-state index in [-0.39, 0.29) is 42.9 Å². The van der Waals surface area contributed by atoms with Crippen molar-refractivity contribution in [2.24, 2.45) is 17.8 Å². The van der Waals surface area contributed by atoms with Gasteiger partial charge < -0.3 is 34.5 Å². The molecule has 0 spiro atoms. The molecule has 3 fully saturated rings. The van der Waals surface area contributed by atoms with Gasteiger partial charge in [-0.3, -0.25) is 19.1 Å². The summed E-state index contributed by atoms with van der Waals surface area (Å²) in [6.45, 7) is 10.8. The molecule has 2 aliphatic carbocycles. The van der Waals surface area contributed by atoms with Crippen LogP contribution in [0.1, 0.15) is 92.9 Å². The normalized spacial score (nSPS) is 29.4. The second kappa shape index (κ2) is 16.0. The summed E-state index contributed by atoms with van der Waals surface area (Å²) >= 11 is 0. The fourth-order valence-corrected chi connectivity index (χ4v) is 9.22. The third-order valence-electron chi connectivity index (χ3n) is 11.7. The number of aromatic nitrogens is 1. The third-order valence-corrected chi connectivity index (χ3v) is 13.9. The van der Waals surface area contributed by atoms with Crippen molar-refractivity contribution >= 4 is 44.7 Å². The van der Waals surface area contributed by atoms with Crippen molar-refractivity contribution in [3.63, 3.8) is 0 Å². The number of hydrogen-bond donors (Lipinski definition) is 3. The highest BCUT2D eigenvalue weighted by Gasteiger charge is 2.63. The van der Waals surface area contributed by atoms with Crippen molar-refractivity contribution in [2.75, 3.05) is 20.8 Å². The summed E-state index contributed by atoms with van der Waals surface area (Å²) in [7, 11) is -0.985. The van der Waals surface area contributed by atoms with Gasteiger partial charge in [-0.05, 0) is 102 Å². The summed E-state index contributed by atoms with van der Waals surface area (Å²) in [5.74, 6) is -1.47. The van der Waals surface area contributed by atoms with Gasteiger partial charge in [-0.15, -0.1) is 0 Å². The Morgan fingerprint density at radius 1 is 1.09 bits per heavy atom. The lowest BCUT2D eigenvalue weighted by molar-refractivity contribution is -0.142. The summed E-state index contributed by atoms with van der Waals surface area (Å²) in [6.07, 6.45) is 5.99. The van der Waals surface area contributed by atoms with Crippen molar-refractivity contribution in [2.45, 2.75) is 127 Å². The molecule has 1 aromatic carbocycles. The zero-order chi connectivity index (χ0) is 41.5. The Morgan fingerprint density at radius 3 is 2.47 bits per heavy atom. The van der Waals surface area contributed by atoms with Crippen LogP contribution in [0.3, 0.4) is 0 Å². The predicted molar refractivity (Wildman–Crippen MR) is 212 cm³/mol. The van der Waals surface area contributed by atoms with Gasteiger partial charge in [-0.25, -0.2) is 18.2 Å². The molecule has 6 rings (SSSR count). The fraction of sp³-hybridized carbons (Fsp3) is 0.634. The first-order valence-corrected chi connectivity index (χ1v) is 21.3. The molecule has 0 bridgehead atoms. The first kappa shape index (κ1) is 42.0. The Morgan fingerprint density at radius 2 is 1.82 bits per heavy atom. The largest absolute Gasteiger partial charge is 0.497 e. The summed E-state index contributed by atoms with van der Waals surface area (Å²) in [5, 5.41) is 6.48. The maximum absolute atomic E-state index is 15.0. The maximum atomic E-state index is 15.0. The molecule has 2 aliphatic heterocycles. The first-order chi connectivity index (χ1) is 26.8. The molecule has 1 aromatic heterocycles. The number of ether oxygens (including phenoxy) is 4. The molecule has 2 saturated carbocycles. The average molecular weight is 812 g/mol. The molecule has 312 valence electrons. The number of nitrogens with zero attached hydrogens (tertiary/aromatic N) is 2. The number of methoxy groups -OCH3 is 2. The lowest BCUT2D eigenvalue weighted by Crippen LogP contribution is -2.59. The van der Waals surface area contributed by atoms with Crippen LogP contribution in [0.25, 0.3) is 10.9 Å². The van der Waals surface area contributed by atoms with Gasteiger partial charge in [0.05, 0.1) is 31.0 Å². The van der Waals surface area contributed by atoms with Gasteiger partial charge in [-0.1, -0.05) is 32.4 Å². The van der Waals surface area contributed by atoms with Crippen LogP contribution in [0.4, 0.5) is 4.79 Å². The summed E-state index contributed by atoms with van der Waals surface area (Å²) in [5.41, 5.74) is -1.74. The van der Waals surface area contributed by atoms with Crippen LogP contribution in [0.2, 0.25) is 0 Å². The molecule has 2 aromatic rings. The molecule has 57 heavy (non-hydrogen) atoms. The fourth-order valence-electron chi connectivity index (χ4n) is 7.90. The number of nitrogens with one attached hydrogen (secondary N) is 3. The molecule has 16 heteroatoms. The zero-order valence-electron chi connectivity index (χ0n) is 34.2. The van der Waals surface area contributed by atoms with Crippen LogP contribution in [-0.2, 0) is 29.1 Å². The summed E-state index contributed by atoms with van der Waals surface area (Å²) in [6, 6.07) is 4.92. The van der Waals surface area contributed by atoms with Gasteiger partial charge in [0.1, 0.15) is 35.1 Å². The van der Waals surface area contributed by atoms with Crippen LogP contribution in [0.5, 0.6) is 17.4 Å². The highest BCUT2D eigenvalue weighted by molar-refractivity contribution is 7.91. The minimum atomic E-state index is -4.01. The third kappa shape index (κ3) is 9.10. The van der Waals surface area contributed by atoms with Gasteiger partial charge in [0, 0.05) is 17.7 Å². The molecule has 0 radical (unpaired) electrons. The van der Waals surface area contributed by atoms with E-state index in [1.807, 2.05) is 19.1 Å². The number of allylic oxidation sites excluding steroid dienone is 1. The van der Waals surface area contributed by atoms with Crippen molar-refractivity contribution in [3.8, 4) is 17.4 Å². The molecule has 0 unspecified atom stereocenters. The first-order valence-electron chi connectivity index (χ1n) is 19.9. The molecular formula is C41H57N5O10S. The highest BCUT2D eigenvalue weighted by Crippen LogP contribution is 2.48. The Bertz CT molecular complexity index is 2030. The van der Waals surface area contributed by atoms with Crippen molar-refractivity contribution < 1.29 is 46.5 Å². The number of amides is 4. The van der Waals surface area contributed by atoms with Crippen LogP contribution >= 0.6 is 0 Å². The number of carbonyl (C=O) groups excluding carboxylic acids is 4. The quantitative estimate of drug-likeness (QED) is 0.296.